The van der Waals surface area contributed by atoms with Crippen molar-refractivity contribution in [2.75, 3.05) is 0 Å². The quantitative estimate of drug-likeness (QED) is 0.0531. The van der Waals surface area contributed by atoms with Gasteiger partial charge in [0.2, 0.25) is 0 Å². The van der Waals surface area contributed by atoms with E-state index in [0.29, 0.717) is 23.3 Å². The summed E-state index contributed by atoms with van der Waals surface area (Å²) in [4.78, 5) is 89.5. The van der Waals surface area contributed by atoms with Crippen LogP contribution in [0.2, 0.25) is 0 Å². The fraction of sp³-hybridized carbons (Fsp3) is 0. The van der Waals surface area contributed by atoms with Crippen LogP contribution < -0.4 is 20.3 Å². The van der Waals surface area contributed by atoms with Crippen LogP contribution in [0.5, 0.6) is 11.5 Å². The Hall–Kier alpha value is -8.30. The molecule has 0 aromatic heterocycles. The van der Waals surface area contributed by atoms with Crippen LogP contribution in [0.4, 0.5) is 22.7 Å². The maximum Gasteiger partial charge on any atom is 0.344 e. The molecule has 262 valence electrons. The first-order chi connectivity index (χ1) is 24.7. The highest BCUT2D eigenvalue weighted by atomic mass is 16.6. The zero-order chi connectivity index (χ0) is 37.9. The molecule has 0 unspecified atom stereocenters. The van der Waals surface area contributed by atoms with Crippen molar-refractivity contribution in [3.05, 3.63) is 148 Å². The Kier molecular flexibility index (Phi) is 11.4. The minimum atomic E-state index is -1.20. The summed E-state index contributed by atoms with van der Waals surface area (Å²) >= 11 is 0. The number of amides is 2. The van der Waals surface area contributed by atoms with Gasteiger partial charge in [-0.2, -0.15) is 10.2 Å². The van der Waals surface area contributed by atoms with E-state index in [1.165, 1.54) is 48.5 Å². The predicted octanol–water partition coefficient (Wildman–Crippen LogP) is 3.36. The molecule has 52 heavy (non-hydrogen) atoms. The van der Waals surface area contributed by atoms with E-state index in [4.69, 9.17) is 9.47 Å². The zero-order valence-electron chi connectivity index (χ0n) is 25.6. The molecule has 0 aliphatic carbocycles. The normalized spacial score (nSPS) is 10.7. The summed E-state index contributed by atoms with van der Waals surface area (Å²) < 4.78 is 10.2. The predicted molar refractivity (Wildman–Crippen MR) is 174 cm³/mol. The smallest absolute Gasteiger partial charge is 0.344 e. The highest BCUT2D eigenvalue weighted by Crippen LogP contribution is 2.25. The van der Waals surface area contributed by atoms with Gasteiger partial charge in [-0.05, 0) is 59.7 Å². The third-order valence-corrected chi connectivity index (χ3v) is 6.27. The second-order valence-electron chi connectivity index (χ2n) is 9.82. The molecule has 0 bridgehead atoms. The van der Waals surface area contributed by atoms with Gasteiger partial charge in [-0.15, -0.1) is 0 Å². The molecule has 0 saturated heterocycles. The maximum absolute atomic E-state index is 12.4. The maximum atomic E-state index is 12.4. The first kappa shape index (κ1) is 36.5. The number of hydrogen-bond donors (Lipinski definition) is 2. The second-order valence-corrected chi connectivity index (χ2v) is 9.82. The number of esters is 2. The number of hydrogen-bond acceptors (Lipinski definition) is 16. The Morgan fingerprint density at radius 3 is 1.06 bits per heavy atom. The number of ether oxygens (including phenoxy) is 2. The standard InChI is InChI=1S/C30H18N8O14/c39-27(33-31-15-17-1-5-25(6-2-17)51-29(41)19-9-21(35(43)44)13-22(10-19)36(45)46)28(40)34-32-16-18-3-7-26(8-4-18)52-30(42)20-11-23(37(47)48)14-24(12-20)38(49)50/h1-16H,(H,33,39)(H,34,40)/b31-15+,32-16+. The van der Waals surface area contributed by atoms with Crippen molar-refractivity contribution in [2.45, 2.75) is 0 Å². The molecule has 4 aromatic rings. The van der Waals surface area contributed by atoms with Crippen molar-refractivity contribution in [2.24, 2.45) is 10.2 Å². The lowest BCUT2D eigenvalue weighted by Crippen LogP contribution is -2.35. The molecule has 0 spiro atoms. The summed E-state index contributed by atoms with van der Waals surface area (Å²) in [5.41, 5.74) is 1.11. The fourth-order valence-corrected chi connectivity index (χ4v) is 3.86. The average Bonchev–Trinajstić information content (AvgIpc) is 3.12. The van der Waals surface area contributed by atoms with Gasteiger partial charge < -0.3 is 9.47 Å². The first-order valence-corrected chi connectivity index (χ1v) is 13.9. The van der Waals surface area contributed by atoms with Crippen molar-refractivity contribution in [3.8, 4) is 11.5 Å². The van der Waals surface area contributed by atoms with Crippen molar-refractivity contribution in [1.29, 1.82) is 0 Å². The van der Waals surface area contributed by atoms with Crippen LogP contribution in [0.25, 0.3) is 0 Å². The molecule has 0 fully saturated rings. The van der Waals surface area contributed by atoms with Crippen LogP contribution >= 0.6 is 0 Å². The Morgan fingerprint density at radius 1 is 0.500 bits per heavy atom. The van der Waals surface area contributed by atoms with E-state index in [1.807, 2.05) is 10.9 Å². The van der Waals surface area contributed by atoms with Crippen molar-refractivity contribution in [3.63, 3.8) is 0 Å². The van der Waals surface area contributed by atoms with Gasteiger partial charge in [0.1, 0.15) is 11.5 Å². The molecule has 0 atom stereocenters. The Bertz CT molecular complexity index is 1970. The summed E-state index contributed by atoms with van der Waals surface area (Å²) in [5, 5.41) is 51.4. The molecule has 22 nitrogen and oxygen atoms in total. The van der Waals surface area contributed by atoms with Crippen LogP contribution in [-0.2, 0) is 9.59 Å². The van der Waals surface area contributed by atoms with E-state index in [9.17, 15) is 59.6 Å². The molecule has 0 radical (unpaired) electrons. The minimum absolute atomic E-state index is 0.0259. The molecule has 2 N–H and O–H groups in total. The summed E-state index contributed by atoms with van der Waals surface area (Å²) in [7, 11) is 0. The number of nitro benzene ring substituents is 4. The third-order valence-electron chi connectivity index (χ3n) is 6.27. The summed E-state index contributed by atoms with van der Waals surface area (Å²) in [6, 6.07) is 15.5. The molecular formula is C30H18N8O14. The largest absolute Gasteiger partial charge is 0.423 e. The summed E-state index contributed by atoms with van der Waals surface area (Å²) in [6.45, 7) is 0. The van der Waals surface area contributed by atoms with Crippen molar-refractivity contribution >= 4 is 58.9 Å². The lowest BCUT2D eigenvalue weighted by molar-refractivity contribution is -0.394. The number of hydrazone groups is 2. The molecular weight excluding hydrogens is 696 g/mol. The molecule has 0 aliphatic rings. The molecule has 0 heterocycles. The van der Waals surface area contributed by atoms with Gasteiger partial charge in [0, 0.05) is 24.3 Å². The van der Waals surface area contributed by atoms with E-state index < -0.39 is 77.3 Å². The van der Waals surface area contributed by atoms with E-state index in [1.54, 1.807) is 0 Å². The van der Waals surface area contributed by atoms with Crippen LogP contribution in [0.1, 0.15) is 31.8 Å². The molecule has 4 rings (SSSR count). The Labute approximate surface area is 287 Å². The minimum Gasteiger partial charge on any atom is -0.423 e. The number of carbonyl (C=O) groups excluding carboxylic acids is 4. The number of carbonyl (C=O) groups is 4. The van der Waals surface area contributed by atoms with E-state index in [-0.39, 0.29) is 11.5 Å². The van der Waals surface area contributed by atoms with Gasteiger partial charge in [-0.3, -0.25) is 50.0 Å². The number of nitrogens with one attached hydrogen (secondary N) is 2. The summed E-state index contributed by atoms with van der Waals surface area (Å²) in [6.07, 6.45) is 2.28. The topological polar surface area (TPSA) is 308 Å². The number of nitro groups is 4. The lowest BCUT2D eigenvalue weighted by Gasteiger charge is -2.05. The van der Waals surface area contributed by atoms with Gasteiger partial charge in [0.25, 0.3) is 22.7 Å². The molecule has 2 amide bonds. The highest BCUT2D eigenvalue weighted by Gasteiger charge is 2.22. The second kappa shape index (κ2) is 16.2. The van der Waals surface area contributed by atoms with Gasteiger partial charge in [0.05, 0.1) is 55.4 Å². The van der Waals surface area contributed by atoms with Crippen molar-refractivity contribution in [1.82, 2.24) is 10.9 Å². The first-order valence-electron chi connectivity index (χ1n) is 13.9. The van der Waals surface area contributed by atoms with Crippen LogP contribution in [0, 0.1) is 40.5 Å². The number of rotatable bonds is 12. The third kappa shape index (κ3) is 9.86. The van der Waals surface area contributed by atoms with E-state index >= 15 is 0 Å². The molecule has 0 aliphatic heterocycles. The van der Waals surface area contributed by atoms with Crippen LogP contribution in [-0.4, -0.2) is 55.9 Å². The SMILES string of the molecule is O=C(N/N=C/c1ccc(OC(=O)c2cc([N+](=O)[O-])cc([N+](=O)[O-])c2)cc1)C(=O)N/N=C/c1ccc(OC(=O)c2cc([N+](=O)[O-])cc([N+](=O)[O-])c2)cc1. The fourth-order valence-electron chi connectivity index (χ4n) is 3.86. The average molecular weight is 715 g/mol. The van der Waals surface area contributed by atoms with Gasteiger partial charge in [0.15, 0.2) is 0 Å². The van der Waals surface area contributed by atoms with E-state index in [0.717, 1.165) is 36.7 Å². The van der Waals surface area contributed by atoms with E-state index in [2.05, 4.69) is 10.2 Å². The Balaban J connectivity index is 1.25. The summed E-state index contributed by atoms with van der Waals surface area (Å²) in [5.74, 6) is -4.64. The van der Waals surface area contributed by atoms with Gasteiger partial charge >= 0.3 is 23.8 Å². The molecule has 0 saturated carbocycles. The van der Waals surface area contributed by atoms with Crippen LogP contribution in [0.15, 0.2) is 95.1 Å². The van der Waals surface area contributed by atoms with Crippen LogP contribution in [0.3, 0.4) is 0 Å². The Morgan fingerprint density at radius 2 is 0.788 bits per heavy atom. The van der Waals surface area contributed by atoms with Gasteiger partial charge in [-0.25, -0.2) is 20.4 Å². The van der Waals surface area contributed by atoms with Crippen molar-refractivity contribution < 1.29 is 48.3 Å². The number of nitrogens with zero attached hydrogens (tertiary/aromatic N) is 6. The zero-order valence-corrected chi connectivity index (χ0v) is 25.6. The number of benzene rings is 4. The molecule has 4 aromatic carbocycles. The lowest BCUT2D eigenvalue weighted by atomic mass is 10.1. The highest BCUT2D eigenvalue weighted by molar-refractivity contribution is 6.35. The molecule has 22 heteroatoms. The number of non-ortho nitro benzene ring substituents is 4. The van der Waals surface area contributed by atoms with Gasteiger partial charge in [-0.1, -0.05) is 0 Å². The monoisotopic (exact) mass is 714 g/mol.